The molecule has 0 aromatic heterocycles. The Morgan fingerprint density at radius 3 is 2.00 bits per heavy atom. The maximum absolute atomic E-state index is 12.4. The molecule has 0 saturated carbocycles. The van der Waals surface area contributed by atoms with Gasteiger partial charge in [0, 0.05) is 5.69 Å². The molecule has 144 valence electrons. The molecule has 0 aliphatic carbocycles. The van der Waals surface area contributed by atoms with Crippen molar-refractivity contribution in [2.75, 3.05) is 10.6 Å². The Balaban J connectivity index is 2.03. The summed E-state index contributed by atoms with van der Waals surface area (Å²) in [5.74, 6) is -0.161. The molecule has 2 rings (SSSR count). The van der Waals surface area contributed by atoms with Crippen LogP contribution in [-0.4, -0.2) is 17.9 Å². The highest BCUT2D eigenvalue weighted by molar-refractivity contribution is 6.08. The van der Waals surface area contributed by atoms with Crippen LogP contribution >= 0.6 is 0 Å². The lowest BCUT2D eigenvalue weighted by Crippen LogP contribution is -2.23. The van der Waals surface area contributed by atoms with Gasteiger partial charge < -0.3 is 15.4 Å². The number of rotatable bonds is 6. The van der Waals surface area contributed by atoms with Crippen LogP contribution in [0.1, 0.15) is 46.6 Å². The number of hydrogen-bond donors (Lipinski definition) is 2. The Bertz CT molecular complexity index is 807. The van der Waals surface area contributed by atoms with E-state index in [0.717, 1.165) is 11.3 Å². The van der Waals surface area contributed by atoms with Gasteiger partial charge in [0.15, 0.2) is 0 Å². The van der Waals surface area contributed by atoms with Gasteiger partial charge in [-0.3, -0.25) is 9.59 Å². The number of carbonyl (C=O) groups is 2. The van der Waals surface area contributed by atoms with E-state index in [0.29, 0.717) is 11.4 Å². The zero-order valence-electron chi connectivity index (χ0n) is 16.6. The predicted molar refractivity (Wildman–Crippen MR) is 109 cm³/mol. The van der Waals surface area contributed by atoms with Crippen molar-refractivity contribution in [3.63, 3.8) is 0 Å². The van der Waals surface area contributed by atoms with Crippen molar-refractivity contribution in [2.45, 2.75) is 52.6 Å². The lowest BCUT2D eigenvalue weighted by atomic mass is 9.86. The van der Waals surface area contributed by atoms with Crippen LogP contribution in [0.2, 0.25) is 0 Å². The fourth-order valence-corrected chi connectivity index (χ4v) is 2.71. The van der Waals surface area contributed by atoms with Gasteiger partial charge in [-0.1, -0.05) is 51.1 Å². The molecular formula is C22H28N2O3. The normalized spacial score (nSPS) is 11.2. The van der Waals surface area contributed by atoms with E-state index in [2.05, 4.69) is 31.4 Å². The average molecular weight is 368 g/mol. The highest BCUT2D eigenvalue weighted by Crippen LogP contribution is 2.29. The molecule has 0 aliphatic heterocycles. The fourth-order valence-electron chi connectivity index (χ4n) is 2.71. The molecule has 0 aliphatic rings. The summed E-state index contributed by atoms with van der Waals surface area (Å²) >= 11 is 0. The average Bonchev–Trinajstić information content (AvgIpc) is 2.55. The van der Waals surface area contributed by atoms with E-state index in [4.69, 9.17) is 4.74 Å². The molecule has 5 nitrogen and oxygen atoms in total. The maximum Gasteiger partial charge on any atom is 0.233 e. The van der Waals surface area contributed by atoms with Crippen LogP contribution in [0.4, 0.5) is 11.4 Å². The van der Waals surface area contributed by atoms with Crippen molar-refractivity contribution in [1.29, 1.82) is 0 Å². The maximum atomic E-state index is 12.4. The molecule has 5 heteroatoms. The van der Waals surface area contributed by atoms with E-state index in [1.807, 2.05) is 50.2 Å². The van der Waals surface area contributed by atoms with Gasteiger partial charge in [0.25, 0.3) is 0 Å². The second-order valence-corrected chi connectivity index (χ2v) is 7.73. The molecular weight excluding hydrogens is 340 g/mol. The summed E-state index contributed by atoms with van der Waals surface area (Å²) in [6.07, 6.45) is -0.283. The third kappa shape index (κ3) is 6.13. The van der Waals surface area contributed by atoms with Crippen LogP contribution in [0, 0.1) is 0 Å². The molecule has 0 radical (unpaired) electrons. The molecule has 0 spiro atoms. The van der Waals surface area contributed by atoms with E-state index >= 15 is 0 Å². The molecule has 0 heterocycles. The fraction of sp³-hybridized carbons (Fsp3) is 0.364. The van der Waals surface area contributed by atoms with Gasteiger partial charge in [-0.05, 0) is 43.0 Å². The standard InChI is InChI=1S/C22H28N2O3/c1-15(2)27-19-13-9-8-12-18(19)24-21(26)14-20(25)23-17-11-7-6-10-16(17)22(3,4)5/h6-13,15H,14H2,1-5H3,(H,23,25)(H,24,26). The first-order chi connectivity index (χ1) is 12.7. The van der Waals surface area contributed by atoms with Crippen LogP contribution in [0.25, 0.3) is 0 Å². The molecule has 2 aromatic carbocycles. The highest BCUT2D eigenvalue weighted by atomic mass is 16.5. The Hall–Kier alpha value is -2.82. The lowest BCUT2D eigenvalue weighted by molar-refractivity contribution is -0.123. The van der Waals surface area contributed by atoms with Crippen molar-refractivity contribution in [3.05, 3.63) is 54.1 Å². The van der Waals surface area contributed by atoms with E-state index in [-0.39, 0.29) is 29.8 Å². The molecule has 2 amide bonds. The zero-order chi connectivity index (χ0) is 20.0. The van der Waals surface area contributed by atoms with E-state index in [9.17, 15) is 9.59 Å². The van der Waals surface area contributed by atoms with Gasteiger partial charge in [-0.2, -0.15) is 0 Å². The number of para-hydroxylation sites is 3. The van der Waals surface area contributed by atoms with Crippen LogP contribution < -0.4 is 15.4 Å². The first-order valence-corrected chi connectivity index (χ1v) is 9.11. The highest BCUT2D eigenvalue weighted by Gasteiger charge is 2.19. The summed E-state index contributed by atoms with van der Waals surface area (Å²) < 4.78 is 5.68. The minimum atomic E-state index is -0.388. The topological polar surface area (TPSA) is 67.4 Å². The minimum absolute atomic E-state index is 0.0137. The Kier molecular flexibility index (Phi) is 6.61. The van der Waals surface area contributed by atoms with Crippen molar-refractivity contribution in [2.24, 2.45) is 0 Å². The second kappa shape index (κ2) is 8.71. The number of amides is 2. The summed E-state index contributed by atoms with van der Waals surface area (Å²) in [5.41, 5.74) is 2.19. The third-order valence-corrected chi connectivity index (χ3v) is 3.85. The van der Waals surface area contributed by atoms with Crippen LogP contribution in [-0.2, 0) is 15.0 Å². The first-order valence-electron chi connectivity index (χ1n) is 9.11. The Morgan fingerprint density at radius 2 is 1.41 bits per heavy atom. The quantitative estimate of drug-likeness (QED) is 0.724. The van der Waals surface area contributed by atoms with E-state index < -0.39 is 0 Å². The van der Waals surface area contributed by atoms with Crippen molar-refractivity contribution < 1.29 is 14.3 Å². The molecule has 27 heavy (non-hydrogen) atoms. The van der Waals surface area contributed by atoms with Gasteiger partial charge in [0.2, 0.25) is 11.8 Å². The molecule has 0 unspecified atom stereocenters. The van der Waals surface area contributed by atoms with Gasteiger partial charge in [0.1, 0.15) is 12.2 Å². The first kappa shape index (κ1) is 20.5. The predicted octanol–water partition coefficient (Wildman–Crippen LogP) is 4.74. The number of hydrogen-bond acceptors (Lipinski definition) is 3. The molecule has 2 aromatic rings. The molecule has 0 bridgehead atoms. The van der Waals surface area contributed by atoms with Gasteiger partial charge in [-0.15, -0.1) is 0 Å². The summed E-state index contributed by atoms with van der Waals surface area (Å²) in [5, 5.41) is 5.60. The third-order valence-electron chi connectivity index (χ3n) is 3.85. The van der Waals surface area contributed by atoms with E-state index in [1.165, 1.54) is 0 Å². The van der Waals surface area contributed by atoms with Crippen molar-refractivity contribution >= 4 is 23.2 Å². The van der Waals surface area contributed by atoms with Gasteiger partial charge in [0.05, 0.1) is 11.8 Å². The summed E-state index contributed by atoms with van der Waals surface area (Å²) in [4.78, 5) is 24.7. The largest absolute Gasteiger partial charge is 0.489 e. The number of anilines is 2. The van der Waals surface area contributed by atoms with Crippen LogP contribution in [0.5, 0.6) is 5.75 Å². The van der Waals surface area contributed by atoms with Crippen LogP contribution in [0.15, 0.2) is 48.5 Å². The minimum Gasteiger partial charge on any atom is -0.489 e. The SMILES string of the molecule is CC(C)Oc1ccccc1NC(=O)CC(=O)Nc1ccccc1C(C)(C)C. The lowest BCUT2D eigenvalue weighted by Gasteiger charge is -2.23. The van der Waals surface area contributed by atoms with Crippen molar-refractivity contribution in [1.82, 2.24) is 0 Å². The summed E-state index contributed by atoms with van der Waals surface area (Å²) in [6.45, 7) is 10.1. The smallest absolute Gasteiger partial charge is 0.233 e. The van der Waals surface area contributed by atoms with E-state index in [1.54, 1.807) is 12.1 Å². The molecule has 0 saturated heterocycles. The molecule has 0 fully saturated rings. The second-order valence-electron chi connectivity index (χ2n) is 7.73. The molecule has 2 N–H and O–H groups in total. The number of ether oxygens (including phenoxy) is 1. The molecule has 0 atom stereocenters. The Morgan fingerprint density at radius 1 is 0.889 bits per heavy atom. The van der Waals surface area contributed by atoms with Crippen molar-refractivity contribution in [3.8, 4) is 5.75 Å². The zero-order valence-corrected chi connectivity index (χ0v) is 16.6. The number of carbonyl (C=O) groups excluding carboxylic acids is 2. The number of nitrogens with one attached hydrogen (secondary N) is 2. The van der Waals surface area contributed by atoms with Gasteiger partial charge in [-0.25, -0.2) is 0 Å². The number of benzene rings is 2. The summed E-state index contributed by atoms with van der Waals surface area (Å²) in [6, 6.07) is 14.8. The van der Waals surface area contributed by atoms with Crippen LogP contribution in [0.3, 0.4) is 0 Å². The summed E-state index contributed by atoms with van der Waals surface area (Å²) in [7, 11) is 0. The monoisotopic (exact) mass is 368 g/mol. The Labute approximate surface area is 161 Å². The van der Waals surface area contributed by atoms with Gasteiger partial charge >= 0.3 is 0 Å².